The van der Waals surface area contributed by atoms with Crippen molar-refractivity contribution in [2.45, 2.75) is 13.0 Å². The van der Waals surface area contributed by atoms with Gasteiger partial charge >= 0.3 is 0 Å². The molecule has 20 heavy (non-hydrogen) atoms. The van der Waals surface area contributed by atoms with Gasteiger partial charge in [0.25, 0.3) is 5.91 Å². The third-order valence-electron chi connectivity index (χ3n) is 2.86. The van der Waals surface area contributed by atoms with E-state index in [-0.39, 0.29) is 12.5 Å². The van der Waals surface area contributed by atoms with Gasteiger partial charge in [-0.2, -0.15) is 0 Å². The SMILES string of the molecule is O=C(NCCc1ccc(CO)cc1)c1cc(Cl)ccn1. The van der Waals surface area contributed by atoms with E-state index in [2.05, 4.69) is 10.3 Å². The maximum absolute atomic E-state index is 11.8. The topological polar surface area (TPSA) is 62.2 Å². The summed E-state index contributed by atoms with van der Waals surface area (Å²) in [5.74, 6) is -0.237. The molecule has 1 amide bonds. The van der Waals surface area contributed by atoms with Crippen molar-refractivity contribution in [2.75, 3.05) is 6.54 Å². The molecule has 1 aromatic carbocycles. The Bertz CT molecular complexity index is 585. The number of hydrogen-bond donors (Lipinski definition) is 2. The number of hydrogen-bond acceptors (Lipinski definition) is 3. The lowest BCUT2D eigenvalue weighted by atomic mass is 10.1. The number of halogens is 1. The fraction of sp³-hybridized carbons (Fsp3) is 0.200. The molecule has 2 N–H and O–H groups in total. The molecule has 0 bridgehead atoms. The van der Waals surface area contributed by atoms with Crippen LogP contribution in [0.15, 0.2) is 42.6 Å². The molecule has 0 fully saturated rings. The molecule has 1 aromatic heterocycles. The summed E-state index contributed by atoms with van der Waals surface area (Å²) in [4.78, 5) is 15.8. The van der Waals surface area contributed by atoms with E-state index >= 15 is 0 Å². The second-order valence-corrected chi connectivity index (χ2v) is 4.78. The predicted molar refractivity (Wildman–Crippen MR) is 77.6 cm³/mol. The van der Waals surface area contributed by atoms with E-state index in [4.69, 9.17) is 16.7 Å². The van der Waals surface area contributed by atoms with Crippen molar-refractivity contribution in [2.24, 2.45) is 0 Å². The van der Waals surface area contributed by atoms with Crippen molar-refractivity contribution in [3.8, 4) is 0 Å². The van der Waals surface area contributed by atoms with Gasteiger partial charge < -0.3 is 10.4 Å². The van der Waals surface area contributed by atoms with Crippen LogP contribution in [0.1, 0.15) is 21.6 Å². The van der Waals surface area contributed by atoms with Crippen molar-refractivity contribution in [3.05, 3.63) is 64.4 Å². The van der Waals surface area contributed by atoms with Crippen molar-refractivity contribution < 1.29 is 9.90 Å². The average molecular weight is 291 g/mol. The molecule has 0 atom stereocenters. The van der Waals surface area contributed by atoms with Gasteiger partial charge in [-0.1, -0.05) is 35.9 Å². The van der Waals surface area contributed by atoms with Crippen LogP contribution in [0.3, 0.4) is 0 Å². The Labute approximate surface area is 122 Å². The molecular formula is C15H15ClN2O2. The molecule has 0 spiro atoms. The van der Waals surface area contributed by atoms with Crippen LogP contribution in [-0.4, -0.2) is 22.5 Å². The van der Waals surface area contributed by atoms with E-state index < -0.39 is 0 Å². The summed E-state index contributed by atoms with van der Waals surface area (Å²) in [6.07, 6.45) is 2.23. The molecule has 0 saturated heterocycles. The van der Waals surface area contributed by atoms with Gasteiger partial charge in [0, 0.05) is 17.8 Å². The van der Waals surface area contributed by atoms with Crippen LogP contribution in [-0.2, 0) is 13.0 Å². The van der Waals surface area contributed by atoms with Gasteiger partial charge in [-0.05, 0) is 29.7 Å². The lowest BCUT2D eigenvalue weighted by Gasteiger charge is -2.05. The minimum atomic E-state index is -0.237. The number of aliphatic hydroxyl groups excluding tert-OH is 1. The van der Waals surface area contributed by atoms with E-state index in [0.29, 0.717) is 17.3 Å². The third-order valence-corrected chi connectivity index (χ3v) is 3.09. The van der Waals surface area contributed by atoms with Gasteiger partial charge in [0.1, 0.15) is 5.69 Å². The van der Waals surface area contributed by atoms with E-state index in [1.54, 1.807) is 6.07 Å². The monoisotopic (exact) mass is 290 g/mol. The molecule has 104 valence electrons. The highest BCUT2D eigenvalue weighted by Crippen LogP contribution is 2.08. The zero-order valence-electron chi connectivity index (χ0n) is 10.8. The summed E-state index contributed by atoms with van der Waals surface area (Å²) >= 11 is 5.81. The smallest absolute Gasteiger partial charge is 0.269 e. The fourth-order valence-electron chi connectivity index (χ4n) is 1.75. The summed E-state index contributed by atoms with van der Waals surface area (Å²) in [5.41, 5.74) is 2.29. The lowest BCUT2D eigenvalue weighted by molar-refractivity contribution is 0.0949. The van der Waals surface area contributed by atoms with Crippen LogP contribution >= 0.6 is 11.6 Å². The normalized spacial score (nSPS) is 10.3. The number of rotatable bonds is 5. The van der Waals surface area contributed by atoms with Crippen LogP contribution in [0.2, 0.25) is 5.02 Å². The Morgan fingerprint density at radius 3 is 2.55 bits per heavy atom. The minimum absolute atomic E-state index is 0.0391. The fourth-order valence-corrected chi connectivity index (χ4v) is 1.91. The van der Waals surface area contributed by atoms with Crippen LogP contribution in [0.25, 0.3) is 0 Å². The quantitative estimate of drug-likeness (QED) is 0.887. The standard InChI is InChI=1S/C15H15ClN2O2/c16-13-6-8-17-14(9-13)15(20)18-7-5-11-1-3-12(10-19)4-2-11/h1-4,6,8-9,19H,5,7,10H2,(H,18,20). The number of nitrogens with zero attached hydrogens (tertiary/aromatic N) is 1. The number of carbonyl (C=O) groups excluding carboxylic acids is 1. The molecular weight excluding hydrogens is 276 g/mol. The van der Waals surface area contributed by atoms with Crippen molar-refractivity contribution >= 4 is 17.5 Å². The summed E-state index contributed by atoms with van der Waals surface area (Å²) < 4.78 is 0. The molecule has 2 rings (SSSR count). The van der Waals surface area contributed by atoms with Crippen molar-refractivity contribution in [3.63, 3.8) is 0 Å². The largest absolute Gasteiger partial charge is 0.392 e. The second-order valence-electron chi connectivity index (χ2n) is 4.34. The summed E-state index contributed by atoms with van der Waals surface area (Å²) in [6.45, 7) is 0.558. The highest BCUT2D eigenvalue weighted by molar-refractivity contribution is 6.30. The van der Waals surface area contributed by atoms with Crippen LogP contribution in [0, 0.1) is 0 Å². The van der Waals surface area contributed by atoms with Gasteiger partial charge in [-0.25, -0.2) is 0 Å². The Balaban J connectivity index is 1.84. The van der Waals surface area contributed by atoms with E-state index in [0.717, 1.165) is 17.5 Å². The van der Waals surface area contributed by atoms with Gasteiger partial charge in [0.05, 0.1) is 6.61 Å². The molecule has 0 aliphatic heterocycles. The first kappa shape index (κ1) is 14.5. The molecule has 5 heteroatoms. The number of amides is 1. The highest BCUT2D eigenvalue weighted by Gasteiger charge is 2.06. The van der Waals surface area contributed by atoms with Gasteiger partial charge in [-0.3, -0.25) is 9.78 Å². The number of carbonyl (C=O) groups is 1. The molecule has 0 aliphatic rings. The van der Waals surface area contributed by atoms with Crippen molar-refractivity contribution in [1.29, 1.82) is 0 Å². The minimum Gasteiger partial charge on any atom is -0.392 e. The molecule has 0 aliphatic carbocycles. The van der Waals surface area contributed by atoms with Crippen LogP contribution < -0.4 is 5.32 Å². The molecule has 4 nitrogen and oxygen atoms in total. The summed E-state index contributed by atoms with van der Waals surface area (Å²) in [6, 6.07) is 10.8. The van der Waals surface area contributed by atoms with Gasteiger partial charge in [0.2, 0.25) is 0 Å². The number of nitrogens with one attached hydrogen (secondary N) is 1. The number of pyridine rings is 1. The Kier molecular flexibility index (Phi) is 5.09. The van der Waals surface area contributed by atoms with Gasteiger partial charge in [-0.15, -0.1) is 0 Å². The molecule has 1 heterocycles. The average Bonchev–Trinajstić information content (AvgIpc) is 2.48. The van der Waals surface area contributed by atoms with Gasteiger partial charge in [0.15, 0.2) is 0 Å². The maximum atomic E-state index is 11.8. The van der Waals surface area contributed by atoms with Crippen LogP contribution in [0.4, 0.5) is 0 Å². The predicted octanol–water partition coefficient (Wildman–Crippen LogP) is 2.20. The first-order valence-corrected chi connectivity index (χ1v) is 6.65. The highest BCUT2D eigenvalue weighted by atomic mass is 35.5. The van der Waals surface area contributed by atoms with E-state index in [1.807, 2.05) is 24.3 Å². The summed E-state index contributed by atoms with van der Waals surface area (Å²) in [5, 5.41) is 12.2. The molecule has 0 saturated carbocycles. The van der Waals surface area contributed by atoms with Crippen molar-refractivity contribution in [1.82, 2.24) is 10.3 Å². The van der Waals surface area contributed by atoms with E-state index in [1.165, 1.54) is 12.3 Å². The van der Waals surface area contributed by atoms with Crippen LogP contribution in [0.5, 0.6) is 0 Å². The zero-order chi connectivity index (χ0) is 14.4. The number of aliphatic hydroxyl groups is 1. The Morgan fingerprint density at radius 2 is 1.90 bits per heavy atom. The van der Waals surface area contributed by atoms with E-state index in [9.17, 15) is 4.79 Å². The molecule has 0 radical (unpaired) electrons. The Hall–Kier alpha value is -1.91. The zero-order valence-corrected chi connectivity index (χ0v) is 11.6. The molecule has 2 aromatic rings. The molecule has 0 unspecified atom stereocenters. The second kappa shape index (κ2) is 7.03. The Morgan fingerprint density at radius 1 is 1.20 bits per heavy atom. The lowest BCUT2D eigenvalue weighted by Crippen LogP contribution is -2.26. The third kappa shape index (κ3) is 4.05. The summed E-state index contributed by atoms with van der Waals surface area (Å²) in [7, 11) is 0. The first-order chi connectivity index (χ1) is 9.69. The number of aromatic nitrogens is 1. The first-order valence-electron chi connectivity index (χ1n) is 6.27. The maximum Gasteiger partial charge on any atom is 0.269 e. The number of benzene rings is 1.